The molecule has 2 unspecified atom stereocenters. The van der Waals surface area contributed by atoms with Crippen LogP contribution in [-0.2, 0) is 27.5 Å². The molecule has 63 heavy (non-hydrogen) atoms. The summed E-state index contributed by atoms with van der Waals surface area (Å²) in [7, 11) is 0. The molecule has 0 aliphatic carbocycles. The van der Waals surface area contributed by atoms with Gasteiger partial charge in [0.15, 0.2) is 5.13 Å². The van der Waals surface area contributed by atoms with Gasteiger partial charge in [0.2, 0.25) is 11.8 Å². The van der Waals surface area contributed by atoms with E-state index in [-0.39, 0.29) is 47.9 Å². The molecule has 17 heteroatoms. The standard InChI is InChI=1S/C46H51FN8O6S2/c47-30-8-11-38(56)35(25-30)41(43(59)50-46-48-15-24-63-46)55-27-29-7-9-32(26-34(29)45(55)61)52-17-13-31(14-18-52)53-21-19-51(20-22-53)16-2-1-3-23-62-39-6-4-5-33-36(39)28-54(44(33)60)37-10-12-40(57)49-42(37)58/h4-9,11,15,24-26,31,37,41,56H,1-3,10,12-14,16-23,27-28H2,(H,48,50,59)(H,49,57,58). The Bertz CT molecular complexity index is 2390. The molecular weight excluding hydrogens is 844 g/mol. The van der Waals surface area contributed by atoms with E-state index in [2.05, 4.69) is 36.4 Å². The topological polar surface area (TPSA) is 159 Å². The highest BCUT2D eigenvalue weighted by molar-refractivity contribution is 7.99. The van der Waals surface area contributed by atoms with Gasteiger partial charge in [0, 0.05) is 104 Å². The molecule has 5 aliphatic heterocycles. The van der Waals surface area contributed by atoms with Crippen molar-refractivity contribution in [2.45, 2.75) is 81.1 Å². The van der Waals surface area contributed by atoms with E-state index >= 15 is 0 Å². The molecule has 3 aromatic carbocycles. The van der Waals surface area contributed by atoms with Crippen LogP contribution in [-0.4, -0.2) is 123 Å². The Labute approximate surface area is 373 Å². The van der Waals surface area contributed by atoms with Crippen LogP contribution in [0.4, 0.5) is 15.2 Å². The van der Waals surface area contributed by atoms with Crippen molar-refractivity contribution in [2.75, 3.05) is 61.8 Å². The summed E-state index contributed by atoms with van der Waals surface area (Å²) in [4.78, 5) is 80.7. The first-order chi connectivity index (χ1) is 30.6. The van der Waals surface area contributed by atoms with Crippen molar-refractivity contribution < 1.29 is 33.5 Å². The van der Waals surface area contributed by atoms with Gasteiger partial charge in [-0.15, -0.1) is 23.1 Å². The Morgan fingerprint density at radius 1 is 0.921 bits per heavy atom. The first kappa shape index (κ1) is 42.9. The Hall–Kier alpha value is -5.36. The minimum Gasteiger partial charge on any atom is -0.508 e. The maximum absolute atomic E-state index is 14.4. The van der Waals surface area contributed by atoms with Crippen molar-refractivity contribution in [2.24, 2.45) is 0 Å². The van der Waals surface area contributed by atoms with Gasteiger partial charge in [-0.25, -0.2) is 9.37 Å². The highest BCUT2D eigenvalue weighted by Crippen LogP contribution is 2.39. The average Bonchev–Trinajstić information content (AvgIpc) is 4.01. The second kappa shape index (κ2) is 18.8. The van der Waals surface area contributed by atoms with Crippen LogP contribution < -0.4 is 15.5 Å². The molecule has 0 bridgehead atoms. The number of hydrogen-bond donors (Lipinski definition) is 3. The lowest BCUT2D eigenvalue weighted by Gasteiger charge is -2.43. The lowest BCUT2D eigenvalue weighted by Crippen LogP contribution is -2.53. The van der Waals surface area contributed by atoms with Gasteiger partial charge in [0.25, 0.3) is 17.7 Å². The molecule has 0 saturated carbocycles. The molecule has 3 saturated heterocycles. The summed E-state index contributed by atoms with van der Waals surface area (Å²) in [6, 6.07) is 13.7. The number of thioether (sulfide) groups is 1. The van der Waals surface area contributed by atoms with E-state index in [9.17, 15) is 33.5 Å². The molecule has 0 spiro atoms. The molecule has 6 heterocycles. The van der Waals surface area contributed by atoms with Crippen LogP contribution in [0.2, 0.25) is 0 Å². The quantitative estimate of drug-likeness (QED) is 0.0819. The number of phenols is 1. The molecule has 14 nitrogen and oxygen atoms in total. The summed E-state index contributed by atoms with van der Waals surface area (Å²) in [5.74, 6) is -1.67. The minimum atomic E-state index is -1.27. The Kier molecular flexibility index (Phi) is 12.8. The number of piperazine rings is 1. The number of phenolic OH excluding ortho intramolecular Hbond substituents is 1. The normalized spacial score (nSPS) is 20.3. The van der Waals surface area contributed by atoms with Gasteiger partial charge in [-0.3, -0.25) is 39.5 Å². The first-order valence-corrected chi connectivity index (χ1v) is 23.7. The number of benzene rings is 3. The van der Waals surface area contributed by atoms with E-state index in [1.165, 1.54) is 22.3 Å². The molecule has 1 aromatic heterocycles. The third-order valence-electron chi connectivity index (χ3n) is 13.1. The van der Waals surface area contributed by atoms with Crippen LogP contribution in [0.1, 0.15) is 88.4 Å². The van der Waals surface area contributed by atoms with E-state index in [1.54, 1.807) is 28.2 Å². The van der Waals surface area contributed by atoms with Crippen molar-refractivity contribution in [3.05, 3.63) is 99.8 Å². The smallest absolute Gasteiger partial charge is 0.255 e. The second-order valence-corrected chi connectivity index (χ2v) is 18.9. The van der Waals surface area contributed by atoms with Gasteiger partial charge in [-0.2, -0.15) is 0 Å². The van der Waals surface area contributed by atoms with Crippen LogP contribution in [0.15, 0.2) is 71.1 Å². The van der Waals surface area contributed by atoms with Crippen LogP contribution in [0.5, 0.6) is 5.75 Å². The lowest BCUT2D eigenvalue weighted by atomic mass is 10.0. The highest BCUT2D eigenvalue weighted by atomic mass is 32.2. The molecule has 9 rings (SSSR count). The van der Waals surface area contributed by atoms with Gasteiger partial charge >= 0.3 is 0 Å². The number of nitrogens with zero attached hydrogens (tertiary/aromatic N) is 6. The van der Waals surface area contributed by atoms with Gasteiger partial charge in [-0.05, 0) is 98.0 Å². The molecule has 3 N–H and O–H groups in total. The van der Waals surface area contributed by atoms with E-state index < -0.39 is 23.8 Å². The number of amides is 5. The summed E-state index contributed by atoms with van der Waals surface area (Å²) in [6.45, 7) is 7.59. The number of imide groups is 1. The van der Waals surface area contributed by atoms with E-state index in [4.69, 9.17) is 0 Å². The third kappa shape index (κ3) is 9.19. The Morgan fingerprint density at radius 2 is 1.75 bits per heavy atom. The summed E-state index contributed by atoms with van der Waals surface area (Å²) in [5, 5.41) is 17.9. The van der Waals surface area contributed by atoms with E-state index in [0.717, 1.165) is 118 Å². The number of unbranched alkanes of at least 4 members (excludes halogenated alkanes) is 2. The van der Waals surface area contributed by atoms with Crippen LogP contribution >= 0.6 is 23.1 Å². The average molecular weight is 895 g/mol. The summed E-state index contributed by atoms with van der Waals surface area (Å²) in [5.41, 5.74) is 3.89. The van der Waals surface area contributed by atoms with Crippen molar-refractivity contribution in [3.63, 3.8) is 0 Å². The largest absolute Gasteiger partial charge is 0.508 e. The van der Waals surface area contributed by atoms with Crippen LogP contribution in [0.25, 0.3) is 0 Å². The number of aromatic nitrogens is 1. The van der Waals surface area contributed by atoms with Crippen molar-refractivity contribution >= 4 is 63.5 Å². The molecular formula is C46H51FN8O6S2. The number of carbonyl (C=O) groups excluding carboxylic acids is 5. The Balaban J connectivity index is 0.709. The Morgan fingerprint density at radius 3 is 2.52 bits per heavy atom. The molecule has 4 aromatic rings. The van der Waals surface area contributed by atoms with E-state index in [0.29, 0.717) is 35.3 Å². The summed E-state index contributed by atoms with van der Waals surface area (Å²) >= 11 is 3.00. The molecule has 5 aliphatic rings. The number of rotatable bonds is 14. The molecule has 330 valence electrons. The molecule has 0 radical (unpaired) electrons. The van der Waals surface area contributed by atoms with Gasteiger partial charge in [-0.1, -0.05) is 18.6 Å². The third-order valence-corrected chi connectivity index (χ3v) is 15.0. The maximum Gasteiger partial charge on any atom is 0.255 e. The number of carbonyl (C=O) groups is 5. The monoisotopic (exact) mass is 894 g/mol. The molecule has 2 atom stereocenters. The second-order valence-electron chi connectivity index (χ2n) is 16.9. The number of aromatic hydroxyl groups is 1. The fraction of sp³-hybridized carbons (Fsp3) is 0.435. The first-order valence-electron chi connectivity index (χ1n) is 21.8. The van der Waals surface area contributed by atoms with Crippen LogP contribution in [0.3, 0.4) is 0 Å². The number of nitrogens with one attached hydrogen (secondary N) is 2. The van der Waals surface area contributed by atoms with Crippen molar-refractivity contribution in [1.29, 1.82) is 0 Å². The predicted molar refractivity (Wildman–Crippen MR) is 238 cm³/mol. The maximum atomic E-state index is 14.4. The number of piperidine rings is 2. The highest BCUT2D eigenvalue weighted by Gasteiger charge is 2.41. The van der Waals surface area contributed by atoms with Gasteiger partial charge in [0.05, 0.1) is 0 Å². The number of fused-ring (bicyclic) bond motifs is 2. The molecule has 3 fully saturated rings. The zero-order valence-electron chi connectivity index (χ0n) is 35.0. The zero-order chi connectivity index (χ0) is 43.6. The minimum absolute atomic E-state index is 0.00990. The number of thiazole rings is 1. The fourth-order valence-electron chi connectivity index (χ4n) is 9.70. The van der Waals surface area contributed by atoms with Crippen molar-refractivity contribution in [3.8, 4) is 5.75 Å². The summed E-state index contributed by atoms with van der Waals surface area (Å²) in [6.07, 6.45) is 7.58. The lowest BCUT2D eigenvalue weighted by molar-refractivity contribution is -0.137. The number of hydrogen-bond acceptors (Lipinski definition) is 12. The SMILES string of the molecule is O=C1CCC(N2Cc3c(SCCCCCN4CCN(C5CCN(c6ccc7c(c6)C(=O)N(C(C(=O)Nc6nccs6)c6cc(F)ccc6O)C7)CC5)CC4)cccc3C2=O)C(=O)N1. The summed E-state index contributed by atoms with van der Waals surface area (Å²) < 4.78 is 14.4. The molecule has 5 amide bonds. The van der Waals surface area contributed by atoms with Gasteiger partial charge in [0.1, 0.15) is 23.7 Å². The number of halogens is 1. The van der Waals surface area contributed by atoms with Crippen molar-refractivity contribution in [1.82, 2.24) is 29.9 Å². The zero-order valence-corrected chi connectivity index (χ0v) is 36.6. The van der Waals surface area contributed by atoms with Crippen LogP contribution in [0, 0.1) is 5.82 Å². The fourth-order valence-corrected chi connectivity index (χ4v) is 11.3. The number of anilines is 2. The van der Waals surface area contributed by atoms with E-state index in [1.807, 2.05) is 30.3 Å². The predicted octanol–water partition coefficient (Wildman–Crippen LogP) is 5.63. The van der Waals surface area contributed by atoms with Gasteiger partial charge < -0.3 is 24.7 Å².